The number of hydrogen-bond donors (Lipinski definition) is 2. The Morgan fingerprint density at radius 2 is 1.48 bits per heavy atom. The lowest BCUT2D eigenvalue weighted by molar-refractivity contribution is -0.0893. The van der Waals surface area contributed by atoms with Gasteiger partial charge in [0, 0.05) is 5.56 Å². The zero-order chi connectivity index (χ0) is 33.1. The van der Waals surface area contributed by atoms with E-state index in [9.17, 15) is 9.90 Å². The van der Waals surface area contributed by atoms with Crippen LogP contribution in [0.1, 0.15) is 33.3 Å². The van der Waals surface area contributed by atoms with E-state index < -0.39 is 30.2 Å². The molecule has 1 aliphatic heterocycles. The Balaban J connectivity index is 1.19. The Hall–Kier alpha value is -5.49. The first-order valence-corrected chi connectivity index (χ1v) is 15.4. The average Bonchev–Trinajstić information content (AvgIpc) is 3.70. The number of fused-ring (bicyclic) bond motifs is 1. The molecule has 1 fully saturated rings. The molecule has 0 bridgehead atoms. The van der Waals surface area contributed by atoms with Crippen molar-refractivity contribution in [3.05, 3.63) is 150 Å². The highest BCUT2D eigenvalue weighted by Crippen LogP contribution is 2.43. The zero-order valence-electron chi connectivity index (χ0n) is 25.9. The van der Waals surface area contributed by atoms with Gasteiger partial charge in [0.25, 0.3) is 5.91 Å². The van der Waals surface area contributed by atoms with Crippen molar-refractivity contribution in [3.63, 3.8) is 0 Å². The number of carbonyl (C=O) groups excluding carboxylic acids is 1. The normalized spacial score (nSPS) is 19.3. The third-order valence-corrected chi connectivity index (χ3v) is 8.51. The van der Waals surface area contributed by atoms with Gasteiger partial charge in [-0.2, -0.15) is 0 Å². The number of aromatic nitrogens is 4. The van der Waals surface area contributed by atoms with Crippen LogP contribution in [-0.2, 0) is 15.1 Å². The summed E-state index contributed by atoms with van der Waals surface area (Å²) in [6.45, 7) is -0.204. The van der Waals surface area contributed by atoms with Gasteiger partial charge in [-0.3, -0.25) is 9.36 Å². The molecule has 1 amide bonds. The van der Waals surface area contributed by atoms with Gasteiger partial charge < -0.3 is 24.6 Å². The van der Waals surface area contributed by atoms with Gasteiger partial charge in [0.2, 0.25) is 0 Å². The molecular weight excluding hydrogens is 613 g/mol. The molecule has 242 valence electrons. The number of imidazole rings is 1. The summed E-state index contributed by atoms with van der Waals surface area (Å²) in [6.07, 6.45) is -3.03. The van der Waals surface area contributed by atoms with Gasteiger partial charge in [-0.1, -0.05) is 91.0 Å². The first-order chi connectivity index (χ1) is 23.5. The Morgan fingerprint density at radius 1 is 0.875 bits per heavy atom. The van der Waals surface area contributed by atoms with Crippen LogP contribution in [0.2, 0.25) is 0 Å². The maximum atomic E-state index is 15.9. The van der Waals surface area contributed by atoms with E-state index in [0.29, 0.717) is 11.3 Å². The van der Waals surface area contributed by atoms with Crippen LogP contribution in [0.4, 0.5) is 10.2 Å². The minimum Gasteiger partial charge on any atom is -0.497 e. The summed E-state index contributed by atoms with van der Waals surface area (Å²) in [5, 5.41) is 13.9. The zero-order valence-corrected chi connectivity index (χ0v) is 25.9. The number of nitrogens with zero attached hydrogens (tertiary/aromatic N) is 4. The van der Waals surface area contributed by atoms with Gasteiger partial charge in [-0.15, -0.1) is 0 Å². The predicted molar refractivity (Wildman–Crippen MR) is 176 cm³/mol. The van der Waals surface area contributed by atoms with Crippen LogP contribution in [0.3, 0.4) is 0 Å². The average molecular weight is 646 g/mol. The predicted octanol–water partition coefficient (Wildman–Crippen LogP) is 5.69. The van der Waals surface area contributed by atoms with Crippen molar-refractivity contribution in [2.45, 2.75) is 30.2 Å². The summed E-state index contributed by atoms with van der Waals surface area (Å²) in [7, 11) is 1.60. The second kappa shape index (κ2) is 13.3. The summed E-state index contributed by atoms with van der Waals surface area (Å²) in [5.41, 5.74) is 2.27. The lowest BCUT2D eigenvalue weighted by Crippen LogP contribution is -2.38. The van der Waals surface area contributed by atoms with E-state index in [4.69, 9.17) is 14.2 Å². The van der Waals surface area contributed by atoms with E-state index >= 15 is 4.39 Å². The van der Waals surface area contributed by atoms with Crippen molar-refractivity contribution in [1.29, 1.82) is 0 Å². The molecule has 4 aromatic carbocycles. The van der Waals surface area contributed by atoms with Crippen molar-refractivity contribution in [1.82, 2.24) is 19.5 Å². The van der Waals surface area contributed by atoms with E-state index in [1.807, 2.05) is 91.0 Å². The number of anilines is 1. The summed E-state index contributed by atoms with van der Waals surface area (Å²) in [4.78, 5) is 25.7. The summed E-state index contributed by atoms with van der Waals surface area (Å²) < 4.78 is 35.8. The Bertz CT molecular complexity index is 1950. The molecule has 0 saturated carbocycles. The number of benzene rings is 4. The van der Waals surface area contributed by atoms with E-state index in [2.05, 4.69) is 20.3 Å². The molecule has 1 saturated heterocycles. The Kier molecular flexibility index (Phi) is 8.64. The molecule has 2 N–H and O–H groups in total. The van der Waals surface area contributed by atoms with Crippen molar-refractivity contribution in [3.8, 4) is 5.75 Å². The molecule has 2 aromatic heterocycles. The van der Waals surface area contributed by atoms with Crippen molar-refractivity contribution >= 4 is 22.9 Å². The molecule has 0 unspecified atom stereocenters. The fourth-order valence-corrected chi connectivity index (χ4v) is 6.10. The smallest absolute Gasteiger partial charge is 0.256 e. The van der Waals surface area contributed by atoms with E-state index in [1.54, 1.807) is 31.4 Å². The van der Waals surface area contributed by atoms with E-state index in [0.717, 1.165) is 16.7 Å². The van der Waals surface area contributed by atoms with Gasteiger partial charge in [-0.25, -0.2) is 19.3 Å². The van der Waals surface area contributed by atoms with Crippen LogP contribution >= 0.6 is 0 Å². The van der Waals surface area contributed by atoms with E-state index in [1.165, 1.54) is 17.2 Å². The monoisotopic (exact) mass is 645 g/mol. The van der Waals surface area contributed by atoms with Crippen molar-refractivity contribution in [2.24, 2.45) is 0 Å². The number of amides is 1. The van der Waals surface area contributed by atoms with Crippen LogP contribution in [-0.4, -0.2) is 62.6 Å². The van der Waals surface area contributed by atoms with Crippen LogP contribution in [0, 0.1) is 0 Å². The Morgan fingerprint density at radius 3 is 2.10 bits per heavy atom. The van der Waals surface area contributed by atoms with Gasteiger partial charge in [0.15, 0.2) is 29.4 Å². The first-order valence-electron chi connectivity index (χ1n) is 15.4. The number of carbonyl (C=O) groups is 1. The van der Waals surface area contributed by atoms with Crippen LogP contribution < -0.4 is 10.1 Å². The number of nitrogens with one attached hydrogen (secondary N) is 1. The lowest BCUT2D eigenvalue weighted by Gasteiger charge is -2.37. The minimum absolute atomic E-state index is 0.173. The molecule has 4 atom stereocenters. The number of rotatable bonds is 10. The van der Waals surface area contributed by atoms with Crippen LogP contribution in [0.25, 0.3) is 11.2 Å². The summed E-state index contributed by atoms with van der Waals surface area (Å²) in [6, 6.07) is 35.6. The summed E-state index contributed by atoms with van der Waals surface area (Å²) in [5.74, 6) is 0.481. The van der Waals surface area contributed by atoms with Crippen molar-refractivity contribution in [2.75, 3.05) is 19.0 Å². The highest BCUT2D eigenvalue weighted by molar-refractivity contribution is 6.06. The fourth-order valence-electron chi connectivity index (χ4n) is 6.10. The number of aliphatic hydroxyl groups is 1. The van der Waals surface area contributed by atoms with Gasteiger partial charge in [-0.05, 0) is 41.0 Å². The number of aliphatic hydroxyl groups excluding tert-OH is 1. The molecule has 0 radical (unpaired) electrons. The van der Waals surface area contributed by atoms with Gasteiger partial charge in [0.05, 0.1) is 20.0 Å². The molecule has 0 aliphatic carbocycles. The van der Waals surface area contributed by atoms with Crippen LogP contribution in [0.15, 0.2) is 128 Å². The molecule has 3 heterocycles. The molecule has 48 heavy (non-hydrogen) atoms. The highest BCUT2D eigenvalue weighted by atomic mass is 19.1. The molecule has 0 spiro atoms. The molecule has 1 aliphatic rings. The number of halogens is 1. The quantitative estimate of drug-likeness (QED) is 0.182. The third-order valence-electron chi connectivity index (χ3n) is 8.51. The minimum atomic E-state index is -1.80. The molecule has 7 rings (SSSR count). The Labute approximate surface area is 275 Å². The number of methoxy groups -OCH3 is 1. The van der Waals surface area contributed by atoms with Gasteiger partial charge in [0.1, 0.15) is 29.9 Å². The number of alkyl halides is 1. The summed E-state index contributed by atoms with van der Waals surface area (Å²) >= 11 is 0. The SMILES string of the molecule is COc1ccc(C(OC[C@H]2O[C@@H](n3cnc4c(NC(=O)c5ccccc5)ncnc43)[C@H](O)[C@H]2F)(c2ccccc2)c2ccccc2)cc1. The third kappa shape index (κ3) is 5.68. The fraction of sp³-hybridized carbons (Fsp3) is 0.189. The highest BCUT2D eigenvalue weighted by Gasteiger charge is 2.48. The largest absolute Gasteiger partial charge is 0.497 e. The van der Waals surface area contributed by atoms with Crippen LogP contribution in [0.5, 0.6) is 5.75 Å². The standard InChI is InChI=1S/C37H32FN5O5/c1-46-28-19-17-27(18-20-28)37(25-13-7-3-8-14-25,26-15-9-4-10-16-26)47-21-29-30(38)32(44)36(48-29)43-23-41-31-33(39-22-40-34(31)43)42-35(45)24-11-5-2-6-12-24/h2-20,22-23,29-30,32,36,44H,21H2,1H3,(H,39,40,42,45)/t29-,30+,32-,36-/m1/s1. The molecular formula is C37H32FN5O5. The molecule has 6 aromatic rings. The lowest BCUT2D eigenvalue weighted by atomic mass is 9.80. The van der Waals surface area contributed by atoms with E-state index in [-0.39, 0.29) is 29.5 Å². The molecule has 10 nitrogen and oxygen atoms in total. The second-order valence-electron chi connectivity index (χ2n) is 11.3. The molecule has 11 heteroatoms. The maximum Gasteiger partial charge on any atom is 0.256 e. The second-order valence-corrected chi connectivity index (χ2v) is 11.3. The first kappa shape index (κ1) is 31.1. The number of hydrogen-bond acceptors (Lipinski definition) is 8. The van der Waals surface area contributed by atoms with Gasteiger partial charge >= 0.3 is 0 Å². The number of ether oxygens (including phenoxy) is 3. The maximum absolute atomic E-state index is 15.9. The topological polar surface area (TPSA) is 121 Å². The van der Waals surface area contributed by atoms with Crippen molar-refractivity contribution < 1.29 is 28.5 Å².